The number of likely N-dealkylation sites (tertiary alicyclic amines) is 1. The van der Waals surface area contributed by atoms with Gasteiger partial charge in [0.25, 0.3) is 15.9 Å². The Morgan fingerprint density at radius 2 is 2.03 bits per heavy atom. The molecule has 1 unspecified atom stereocenters. The minimum Gasteiger partial charge on any atom is -0.368 e. The Kier molecular flexibility index (Phi) is 5.27. The zero-order chi connectivity index (χ0) is 27.5. The van der Waals surface area contributed by atoms with Gasteiger partial charge in [-0.3, -0.25) is 4.79 Å². The first-order valence-electron chi connectivity index (χ1n) is 12.9. The molecule has 3 aliphatic rings. The SMILES string of the molecule is [2H]C([2H])([2H])c1cccc(-c2cccc(C[C@H]3[C@@H](NS(=O)(=O)C(F)F)C4(CC4)CN3C(=O)C3CCO3)c2F)c1. The van der Waals surface area contributed by atoms with Gasteiger partial charge in [0.05, 0.1) is 12.6 Å². The summed E-state index contributed by atoms with van der Waals surface area (Å²) >= 11 is 0. The van der Waals surface area contributed by atoms with Gasteiger partial charge in [0.1, 0.15) is 11.9 Å². The summed E-state index contributed by atoms with van der Waals surface area (Å²) in [7, 11) is -4.98. The Labute approximate surface area is 206 Å². The number of halogens is 3. The Morgan fingerprint density at radius 1 is 1.29 bits per heavy atom. The van der Waals surface area contributed by atoms with E-state index in [2.05, 4.69) is 4.72 Å². The van der Waals surface area contributed by atoms with Crippen molar-refractivity contribution in [2.75, 3.05) is 13.2 Å². The van der Waals surface area contributed by atoms with Gasteiger partial charge in [0, 0.05) is 34.1 Å². The molecule has 6 nitrogen and oxygen atoms in total. The predicted octanol–water partition coefficient (Wildman–Crippen LogP) is 3.63. The largest absolute Gasteiger partial charge is 0.368 e. The highest BCUT2D eigenvalue weighted by atomic mass is 32.2. The normalized spacial score (nSPS) is 26.8. The molecule has 1 saturated carbocycles. The van der Waals surface area contributed by atoms with E-state index in [1.165, 1.54) is 35.2 Å². The van der Waals surface area contributed by atoms with Crippen LogP contribution in [0.15, 0.2) is 42.5 Å². The van der Waals surface area contributed by atoms with Crippen LogP contribution in [0.1, 0.15) is 34.5 Å². The average molecular weight is 512 g/mol. The molecule has 0 radical (unpaired) electrons. The van der Waals surface area contributed by atoms with Gasteiger partial charge < -0.3 is 9.64 Å². The van der Waals surface area contributed by atoms with Crippen molar-refractivity contribution in [3.05, 3.63) is 59.4 Å². The van der Waals surface area contributed by atoms with Gasteiger partial charge in [-0.25, -0.2) is 17.5 Å². The summed E-state index contributed by atoms with van der Waals surface area (Å²) in [6.07, 6.45) is 0.748. The Balaban J connectivity index is 1.51. The summed E-state index contributed by atoms with van der Waals surface area (Å²) in [5.41, 5.74) is -0.0247. The molecule has 0 aromatic heterocycles. The summed E-state index contributed by atoms with van der Waals surface area (Å²) in [5, 5.41) is 0. The number of amides is 1. The van der Waals surface area contributed by atoms with Crippen LogP contribution in [0.3, 0.4) is 0 Å². The third-order valence-corrected chi connectivity index (χ3v) is 8.34. The van der Waals surface area contributed by atoms with Crippen LogP contribution in [0.5, 0.6) is 0 Å². The molecular formula is C25H27F3N2O4S. The lowest BCUT2D eigenvalue weighted by atomic mass is 9.91. The molecule has 0 bridgehead atoms. The maximum atomic E-state index is 15.9. The molecule has 1 N–H and O–H groups in total. The van der Waals surface area contributed by atoms with Crippen LogP contribution in [0.2, 0.25) is 0 Å². The fourth-order valence-electron chi connectivity index (χ4n) is 5.16. The third kappa shape index (κ3) is 4.47. The molecule has 10 heteroatoms. The molecule has 3 atom stereocenters. The first kappa shape index (κ1) is 20.7. The van der Waals surface area contributed by atoms with Crippen LogP contribution in [-0.2, 0) is 26.0 Å². The summed E-state index contributed by atoms with van der Waals surface area (Å²) in [6.45, 7) is -1.81. The van der Waals surface area contributed by atoms with E-state index < -0.39 is 52.1 Å². The minimum absolute atomic E-state index is 0.0463. The molecule has 2 heterocycles. The molecular weight excluding hydrogens is 481 g/mol. The van der Waals surface area contributed by atoms with Crippen molar-refractivity contribution < 1.29 is 35.2 Å². The maximum Gasteiger partial charge on any atom is 0.350 e. The van der Waals surface area contributed by atoms with Crippen LogP contribution < -0.4 is 4.72 Å². The van der Waals surface area contributed by atoms with E-state index in [-0.39, 0.29) is 35.6 Å². The lowest BCUT2D eigenvalue weighted by molar-refractivity contribution is -0.157. The van der Waals surface area contributed by atoms with Crippen LogP contribution in [-0.4, -0.2) is 56.3 Å². The van der Waals surface area contributed by atoms with E-state index in [1.807, 2.05) is 0 Å². The molecule has 1 amide bonds. The number of nitrogens with one attached hydrogen (secondary N) is 1. The van der Waals surface area contributed by atoms with Crippen molar-refractivity contribution in [1.29, 1.82) is 0 Å². The maximum absolute atomic E-state index is 15.9. The number of hydrogen-bond acceptors (Lipinski definition) is 4. The van der Waals surface area contributed by atoms with Crippen LogP contribution >= 0.6 is 0 Å². The average Bonchev–Trinajstić information content (AvgIpc) is 3.53. The smallest absolute Gasteiger partial charge is 0.350 e. The van der Waals surface area contributed by atoms with Crippen LogP contribution in [0, 0.1) is 18.1 Å². The number of hydrogen-bond donors (Lipinski definition) is 1. The lowest BCUT2D eigenvalue weighted by Gasteiger charge is -2.34. The number of nitrogens with zero attached hydrogens (tertiary/aromatic N) is 1. The van der Waals surface area contributed by atoms with E-state index in [4.69, 9.17) is 8.85 Å². The number of aryl methyl sites for hydroxylation is 1. The van der Waals surface area contributed by atoms with Crippen molar-refractivity contribution in [3.63, 3.8) is 0 Å². The molecule has 3 fully saturated rings. The van der Waals surface area contributed by atoms with Crippen LogP contribution in [0.4, 0.5) is 13.2 Å². The van der Waals surface area contributed by atoms with Gasteiger partial charge in [0.15, 0.2) is 0 Å². The molecule has 2 aromatic carbocycles. The molecule has 188 valence electrons. The van der Waals surface area contributed by atoms with Crippen molar-refractivity contribution in [2.24, 2.45) is 5.41 Å². The van der Waals surface area contributed by atoms with Crippen LogP contribution in [0.25, 0.3) is 11.1 Å². The second kappa shape index (κ2) is 8.90. The molecule has 35 heavy (non-hydrogen) atoms. The van der Waals surface area contributed by atoms with E-state index in [0.717, 1.165) is 0 Å². The number of alkyl halides is 2. The molecule has 1 spiro atoms. The zero-order valence-electron chi connectivity index (χ0n) is 21.7. The van der Waals surface area contributed by atoms with Gasteiger partial charge in [-0.15, -0.1) is 0 Å². The number of benzene rings is 2. The van der Waals surface area contributed by atoms with Gasteiger partial charge in [0.2, 0.25) is 0 Å². The molecule has 1 aliphatic carbocycles. The molecule has 2 saturated heterocycles. The minimum atomic E-state index is -4.98. The van der Waals surface area contributed by atoms with E-state index in [1.54, 1.807) is 12.1 Å². The second-order valence-electron chi connectivity index (χ2n) is 9.51. The van der Waals surface area contributed by atoms with Gasteiger partial charge in [-0.05, 0) is 37.2 Å². The molecule has 2 aliphatic heterocycles. The highest BCUT2D eigenvalue weighted by Gasteiger charge is 2.62. The summed E-state index contributed by atoms with van der Waals surface area (Å²) in [6, 6.07) is 8.54. The van der Waals surface area contributed by atoms with E-state index >= 15 is 4.39 Å². The first-order valence-corrected chi connectivity index (χ1v) is 13.0. The van der Waals surface area contributed by atoms with Gasteiger partial charge >= 0.3 is 5.76 Å². The topological polar surface area (TPSA) is 75.7 Å². The van der Waals surface area contributed by atoms with E-state index in [9.17, 15) is 22.0 Å². The Morgan fingerprint density at radius 3 is 2.66 bits per heavy atom. The van der Waals surface area contributed by atoms with Crippen molar-refractivity contribution in [3.8, 4) is 11.1 Å². The Hall–Kier alpha value is -2.43. The fourth-order valence-corrected chi connectivity index (χ4v) is 6.03. The number of ether oxygens (including phenoxy) is 1. The van der Waals surface area contributed by atoms with Crippen molar-refractivity contribution in [1.82, 2.24) is 9.62 Å². The van der Waals surface area contributed by atoms with E-state index in [0.29, 0.717) is 31.4 Å². The number of sulfonamides is 1. The summed E-state index contributed by atoms with van der Waals surface area (Å²) in [4.78, 5) is 14.7. The summed E-state index contributed by atoms with van der Waals surface area (Å²) in [5.74, 6) is -4.67. The number of carbonyl (C=O) groups is 1. The number of rotatable bonds is 7. The van der Waals surface area contributed by atoms with Crippen molar-refractivity contribution >= 4 is 15.9 Å². The fraction of sp³-hybridized carbons (Fsp3) is 0.480. The first-order chi connectivity index (χ1) is 17.8. The standard InChI is InChI=1S/C25H27F3N2O4S/c1-15-4-2-5-16(12-15)18-7-3-6-17(21(18)26)13-19-22(29-35(32,33)24(27)28)25(9-10-25)14-30(19)23(31)20-8-11-34-20/h2-7,12,19-20,22,24,29H,8-11,13-14H2,1H3/t19-,20?,22+/m0/s1/i1D3. The van der Waals surface area contributed by atoms with Gasteiger partial charge in [-0.1, -0.05) is 48.0 Å². The highest BCUT2D eigenvalue weighted by Crippen LogP contribution is 2.56. The molecule has 2 aromatic rings. The third-order valence-electron chi connectivity index (χ3n) is 7.29. The highest BCUT2D eigenvalue weighted by molar-refractivity contribution is 7.89. The lowest BCUT2D eigenvalue weighted by Crippen LogP contribution is -2.53. The second-order valence-corrected chi connectivity index (χ2v) is 11.2. The number of carbonyl (C=O) groups excluding carboxylic acids is 1. The monoisotopic (exact) mass is 511 g/mol. The predicted molar refractivity (Wildman–Crippen MR) is 124 cm³/mol. The van der Waals surface area contributed by atoms with Crippen molar-refractivity contribution in [2.45, 2.75) is 56.5 Å². The summed E-state index contributed by atoms with van der Waals surface area (Å²) < 4.78 is 97.3. The Bertz CT molecular complexity index is 1350. The zero-order valence-corrected chi connectivity index (χ0v) is 19.5. The van der Waals surface area contributed by atoms with Gasteiger partial charge in [-0.2, -0.15) is 8.78 Å². The quantitative estimate of drug-likeness (QED) is 0.616. The molecule has 5 rings (SSSR count).